The number of aliphatic hydroxyl groups is 1. The molecule has 25 heavy (non-hydrogen) atoms. The van der Waals surface area contributed by atoms with Gasteiger partial charge in [-0.25, -0.2) is 13.1 Å². The maximum atomic E-state index is 12.5. The topological polar surface area (TPSA) is 86.7 Å². The van der Waals surface area contributed by atoms with Crippen LogP contribution in [-0.2, 0) is 14.8 Å². The van der Waals surface area contributed by atoms with Crippen LogP contribution in [0.1, 0.15) is 52.9 Å². The van der Waals surface area contributed by atoms with Crippen molar-refractivity contribution < 1.29 is 18.3 Å². The molecule has 1 saturated heterocycles. The SMILES string of the molecule is C[C@H](CCCC(C)(C)O)NS(=O)(=O)c1ccc(N2CCCC2=O)cc1. The zero-order chi connectivity index (χ0) is 18.7. The monoisotopic (exact) mass is 368 g/mol. The van der Waals surface area contributed by atoms with Gasteiger partial charge in [0.25, 0.3) is 0 Å². The fourth-order valence-corrected chi connectivity index (χ4v) is 4.24. The van der Waals surface area contributed by atoms with Crippen molar-refractivity contribution in [3.05, 3.63) is 24.3 Å². The molecule has 0 saturated carbocycles. The number of anilines is 1. The van der Waals surface area contributed by atoms with Gasteiger partial charge in [-0.05, 0) is 70.7 Å². The molecule has 1 fully saturated rings. The summed E-state index contributed by atoms with van der Waals surface area (Å²) in [5.74, 6) is 0.0779. The largest absolute Gasteiger partial charge is 0.390 e. The molecule has 140 valence electrons. The molecule has 1 atom stereocenters. The summed E-state index contributed by atoms with van der Waals surface area (Å²) in [5.41, 5.74) is 0.00112. The van der Waals surface area contributed by atoms with Gasteiger partial charge in [-0.15, -0.1) is 0 Å². The fourth-order valence-electron chi connectivity index (χ4n) is 2.96. The highest BCUT2D eigenvalue weighted by molar-refractivity contribution is 7.89. The molecule has 1 heterocycles. The van der Waals surface area contributed by atoms with Crippen LogP contribution >= 0.6 is 0 Å². The predicted molar refractivity (Wildman–Crippen MR) is 98.0 cm³/mol. The second-order valence-corrected chi connectivity index (χ2v) is 9.08. The first kappa shape index (κ1) is 19.9. The first-order valence-electron chi connectivity index (χ1n) is 8.74. The van der Waals surface area contributed by atoms with Gasteiger partial charge in [-0.3, -0.25) is 4.79 Å². The molecule has 0 bridgehead atoms. The molecular formula is C18H28N2O4S. The Morgan fingerprint density at radius 2 is 1.92 bits per heavy atom. The average Bonchev–Trinajstić information content (AvgIpc) is 2.91. The summed E-state index contributed by atoms with van der Waals surface area (Å²) in [5, 5.41) is 9.71. The molecule has 1 aliphatic heterocycles. The summed E-state index contributed by atoms with van der Waals surface area (Å²) in [6.45, 7) is 5.99. The Bertz CT molecular complexity index is 693. The minimum absolute atomic E-state index is 0.0779. The third-order valence-corrected chi connectivity index (χ3v) is 5.92. The molecule has 2 N–H and O–H groups in total. The number of nitrogens with one attached hydrogen (secondary N) is 1. The van der Waals surface area contributed by atoms with E-state index in [0.29, 0.717) is 25.8 Å². The molecule has 1 aromatic carbocycles. The summed E-state index contributed by atoms with van der Waals surface area (Å²) >= 11 is 0. The maximum absolute atomic E-state index is 12.5. The van der Waals surface area contributed by atoms with Crippen LogP contribution in [0.2, 0.25) is 0 Å². The Balaban J connectivity index is 1.96. The molecule has 0 unspecified atom stereocenters. The van der Waals surface area contributed by atoms with Gasteiger partial charge in [-0.2, -0.15) is 0 Å². The van der Waals surface area contributed by atoms with Crippen LogP contribution in [-0.4, -0.2) is 37.6 Å². The number of benzene rings is 1. The lowest BCUT2D eigenvalue weighted by Crippen LogP contribution is -2.33. The van der Waals surface area contributed by atoms with Gasteiger partial charge in [0.1, 0.15) is 0 Å². The molecule has 6 nitrogen and oxygen atoms in total. The van der Waals surface area contributed by atoms with Crippen LogP contribution in [0, 0.1) is 0 Å². The van der Waals surface area contributed by atoms with Crippen LogP contribution in [0.15, 0.2) is 29.2 Å². The van der Waals surface area contributed by atoms with Crippen molar-refractivity contribution in [2.24, 2.45) is 0 Å². The van der Waals surface area contributed by atoms with Crippen molar-refractivity contribution >= 4 is 21.6 Å². The number of hydrogen-bond donors (Lipinski definition) is 2. The van der Waals surface area contributed by atoms with E-state index in [1.165, 1.54) is 12.1 Å². The highest BCUT2D eigenvalue weighted by Gasteiger charge is 2.23. The molecule has 0 radical (unpaired) electrons. The van der Waals surface area contributed by atoms with Gasteiger partial charge in [0.05, 0.1) is 10.5 Å². The van der Waals surface area contributed by atoms with Crippen molar-refractivity contribution in [1.82, 2.24) is 4.72 Å². The molecule has 0 aliphatic carbocycles. The predicted octanol–water partition coefficient (Wildman–Crippen LogP) is 2.42. The van der Waals surface area contributed by atoms with E-state index in [9.17, 15) is 18.3 Å². The lowest BCUT2D eigenvalue weighted by molar-refractivity contribution is -0.117. The second kappa shape index (κ2) is 7.85. The van der Waals surface area contributed by atoms with Crippen LogP contribution in [0.4, 0.5) is 5.69 Å². The smallest absolute Gasteiger partial charge is 0.240 e. The summed E-state index contributed by atoms with van der Waals surface area (Å²) in [7, 11) is -3.60. The van der Waals surface area contributed by atoms with E-state index in [-0.39, 0.29) is 16.8 Å². The summed E-state index contributed by atoms with van der Waals surface area (Å²) < 4.78 is 27.6. The van der Waals surface area contributed by atoms with E-state index in [2.05, 4.69) is 4.72 Å². The lowest BCUT2D eigenvalue weighted by atomic mass is 10.00. The Kier molecular flexibility index (Phi) is 6.24. The number of hydrogen-bond acceptors (Lipinski definition) is 4. The first-order valence-corrected chi connectivity index (χ1v) is 10.2. The molecule has 0 spiro atoms. The molecule has 1 aliphatic rings. The fraction of sp³-hybridized carbons (Fsp3) is 0.611. The molecule has 1 amide bonds. The van der Waals surface area contributed by atoms with Gasteiger partial charge >= 0.3 is 0 Å². The quantitative estimate of drug-likeness (QED) is 0.738. The van der Waals surface area contributed by atoms with Crippen LogP contribution in [0.25, 0.3) is 0 Å². The third-order valence-electron chi connectivity index (χ3n) is 4.31. The standard InChI is InChI=1S/C18H28N2O4S/c1-14(6-4-12-18(2,3)22)19-25(23,24)16-10-8-15(9-11-16)20-13-5-7-17(20)21/h8-11,14,19,22H,4-7,12-13H2,1-3H3/t14-/m1/s1. The van der Waals surface area contributed by atoms with Crippen LogP contribution in [0.3, 0.4) is 0 Å². The van der Waals surface area contributed by atoms with E-state index in [1.807, 2.05) is 6.92 Å². The van der Waals surface area contributed by atoms with Gasteiger partial charge < -0.3 is 10.0 Å². The van der Waals surface area contributed by atoms with Crippen molar-refractivity contribution in [1.29, 1.82) is 0 Å². The number of rotatable bonds is 8. The van der Waals surface area contributed by atoms with E-state index < -0.39 is 15.6 Å². The van der Waals surface area contributed by atoms with Crippen LogP contribution in [0.5, 0.6) is 0 Å². The number of carbonyl (C=O) groups excluding carboxylic acids is 1. The van der Waals surface area contributed by atoms with Gasteiger partial charge in [0.15, 0.2) is 0 Å². The highest BCUT2D eigenvalue weighted by Crippen LogP contribution is 2.23. The second-order valence-electron chi connectivity index (χ2n) is 7.37. The first-order chi connectivity index (χ1) is 11.6. The molecular weight excluding hydrogens is 340 g/mol. The highest BCUT2D eigenvalue weighted by atomic mass is 32.2. The van der Waals surface area contributed by atoms with E-state index >= 15 is 0 Å². The summed E-state index contributed by atoms with van der Waals surface area (Å²) in [4.78, 5) is 13.6. The Morgan fingerprint density at radius 1 is 1.28 bits per heavy atom. The summed E-state index contributed by atoms with van der Waals surface area (Å²) in [6.07, 6.45) is 3.40. The number of sulfonamides is 1. The Labute approximate surface area is 150 Å². The van der Waals surface area contributed by atoms with Gasteiger partial charge in [-0.1, -0.05) is 0 Å². The minimum atomic E-state index is -3.60. The summed E-state index contributed by atoms with van der Waals surface area (Å²) in [6, 6.07) is 6.21. The molecule has 1 aromatic rings. The number of carbonyl (C=O) groups is 1. The molecule has 7 heteroatoms. The van der Waals surface area contributed by atoms with Gasteiger partial charge in [0, 0.05) is 24.7 Å². The van der Waals surface area contributed by atoms with Crippen molar-refractivity contribution in [3.8, 4) is 0 Å². The molecule has 2 rings (SSSR count). The van der Waals surface area contributed by atoms with E-state index in [4.69, 9.17) is 0 Å². The maximum Gasteiger partial charge on any atom is 0.240 e. The normalized spacial score (nSPS) is 17.1. The van der Waals surface area contributed by atoms with Crippen molar-refractivity contribution in [2.45, 2.75) is 69.4 Å². The van der Waals surface area contributed by atoms with Gasteiger partial charge in [0.2, 0.25) is 15.9 Å². The Morgan fingerprint density at radius 3 is 2.44 bits per heavy atom. The zero-order valence-corrected chi connectivity index (χ0v) is 16.0. The zero-order valence-electron chi connectivity index (χ0n) is 15.2. The van der Waals surface area contributed by atoms with Crippen molar-refractivity contribution in [3.63, 3.8) is 0 Å². The van der Waals surface area contributed by atoms with E-state index in [1.54, 1.807) is 30.9 Å². The third kappa shape index (κ3) is 5.80. The minimum Gasteiger partial charge on any atom is -0.390 e. The van der Waals surface area contributed by atoms with E-state index in [0.717, 1.165) is 18.5 Å². The number of nitrogens with zero attached hydrogens (tertiary/aromatic N) is 1. The van der Waals surface area contributed by atoms with Crippen LogP contribution < -0.4 is 9.62 Å². The average molecular weight is 368 g/mol. The molecule has 0 aromatic heterocycles. The van der Waals surface area contributed by atoms with Crippen molar-refractivity contribution in [2.75, 3.05) is 11.4 Å². The lowest BCUT2D eigenvalue weighted by Gasteiger charge is -2.19. The Hall–Kier alpha value is -1.44. The number of amides is 1.